The zero-order valence-corrected chi connectivity index (χ0v) is 10.7. The van der Waals surface area contributed by atoms with Crippen LogP contribution in [0.3, 0.4) is 0 Å². The van der Waals surface area contributed by atoms with Gasteiger partial charge in [0.05, 0.1) is 12.4 Å². The number of hydrogen-bond acceptors (Lipinski definition) is 7. The first-order chi connectivity index (χ1) is 9.43. The predicted molar refractivity (Wildman–Crippen MR) is 67.8 cm³/mol. The van der Waals surface area contributed by atoms with Crippen molar-refractivity contribution in [2.75, 3.05) is 6.61 Å². The van der Waals surface area contributed by atoms with Crippen LogP contribution >= 0.6 is 0 Å². The van der Waals surface area contributed by atoms with E-state index in [1.54, 1.807) is 0 Å². The van der Waals surface area contributed by atoms with Gasteiger partial charge >= 0.3 is 0 Å². The molecule has 1 aromatic rings. The Morgan fingerprint density at radius 2 is 2.20 bits per heavy atom. The minimum absolute atomic E-state index is 0.0762. The lowest BCUT2D eigenvalue weighted by molar-refractivity contribution is -0.0537. The minimum Gasteiger partial charge on any atom is -0.512 e. The molecule has 0 spiro atoms. The van der Waals surface area contributed by atoms with E-state index in [1.807, 2.05) is 0 Å². The molecule has 2 rings (SSSR count). The van der Waals surface area contributed by atoms with E-state index in [1.165, 1.54) is 29.8 Å². The highest BCUT2D eigenvalue weighted by atomic mass is 16.6. The van der Waals surface area contributed by atoms with Crippen LogP contribution in [0.15, 0.2) is 22.8 Å². The summed E-state index contributed by atoms with van der Waals surface area (Å²) in [4.78, 5) is 15.0. The SMILES string of the molecule is C/C(O)=C\c1nc(=O)ccn1[C@@H]1O[C@H](CO)[C@@H](O)[C@H]1O. The van der Waals surface area contributed by atoms with Crippen molar-refractivity contribution in [2.45, 2.75) is 31.5 Å². The molecule has 20 heavy (non-hydrogen) atoms. The second-order valence-electron chi connectivity index (χ2n) is 4.55. The fourth-order valence-corrected chi connectivity index (χ4v) is 2.05. The molecule has 1 saturated heterocycles. The second kappa shape index (κ2) is 5.71. The number of aliphatic hydroxyl groups is 4. The molecule has 4 atom stereocenters. The van der Waals surface area contributed by atoms with Gasteiger partial charge in [-0.15, -0.1) is 0 Å². The molecule has 1 aliphatic rings. The topological polar surface area (TPSA) is 125 Å². The van der Waals surface area contributed by atoms with Gasteiger partial charge in [-0.1, -0.05) is 0 Å². The fourth-order valence-electron chi connectivity index (χ4n) is 2.05. The zero-order chi connectivity index (χ0) is 14.9. The molecule has 8 nitrogen and oxygen atoms in total. The lowest BCUT2D eigenvalue weighted by Gasteiger charge is -2.20. The lowest BCUT2D eigenvalue weighted by atomic mass is 10.1. The fraction of sp³-hybridized carbons (Fsp3) is 0.500. The summed E-state index contributed by atoms with van der Waals surface area (Å²) in [6.45, 7) is 0.952. The van der Waals surface area contributed by atoms with E-state index in [0.29, 0.717) is 0 Å². The van der Waals surface area contributed by atoms with Gasteiger partial charge < -0.3 is 29.7 Å². The Labute approximate surface area is 114 Å². The highest BCUT2D eigenvalue weighted by Crippen LogP contribution is 2.29. The molecule has 0 amide bonds. The maximum absolute atomic E-state index is 11.3. The molecular weight excluding hydrogens is 268 g/mol. The standard InChI is InChI=1S/C12H16N2O6/c1-6(16)4-8-13-9(17)2-3-14(8)12-11(19)10(18)7(5-15)20-12/h2-4,7,10-12,15-16,18-19H,5H2,1H3/b6-4+/t7-,10-,11-,12-/m1/s1. The normalized spacial score (nSPS) is 30.7. The lowest BCUT2D eigenvalue weighted by Crippen LogP contribution is -2.33. The predicted octanol–water partition coefficient (Wildman–Crippen LogP) is -1.23. The first kappa shape index (κ1) is 14.7. The monoisotopic (exact) mass is 284 g/mol. The molecule has 0 aliphatic carbocycles. The van der Waals surface area contributed by atoms with Crippen LogP contribution in [0.1, 0.15) is 19.0 Å². The Morgan fingerprint density at radius 3 is 2.75 bits per heavy atom. The van der Waals surface area contributed by atoms with Crippen molar-refractivity contribution in [1.82, 2.24) is 9.55 Å². The Balaban J connectivity index is 2.43. The number of rotatable bonds is 3. The van der Waals surface area contributed by atoms with Crippen molar-refractivity contribution in [3.05, 3.63) is 34.2 Å². The number of nitrogens with zero attached hydrogens (tertiary/aromatic N) is 2. The number of ether oxygens (including phenoxy) is 1. The Bertz CT molecular complexity index is 565. The van der Waals surface area contributed by atoms with Crippen molar-refractivity contribution in [3.8, 4) is 0 Å². The van der Waals surface area contributed by atoms with Crippen LogP contribution < -0.4 is 5.56 Å². The molecule has 1 fully saturated rings. The van der Waals surface area contributed by atoms with E-state index in [-0.39, 0.29) is 11.6 Å². The van der Waals surface area contributed by atoms with Gasteiger partial charge in [0.1, 0.15) is 24.1 Å². The average Bonchev–Trinajstić information content (AvgIpc) is 2.66. The van der Waals surface area contributed by atoms with Gasteiger partial charge in [-0.25, -0.2) is 0 Å². The Hall–Kier alpha value is -1.74. The second-order valence-corrected chi connectivity index (χ2v) is 4.55. The molecule has 0 aromatic carbocycles. The first-order valence-corrected chi connectivity index (χ1v) is 6.03. The van der Waals surface area contributed by atoms with Crippen LogP contribution in [0.5, 0.6) is 0 Å². The third kappa shape index (κ3) is 2.73. The summed E-state index contributed by atoms with van der Waals surface area (Å²) in [5.74, 6) is -0.00377. The Morgan fingerprint density at radius 1 is 1.50 bits per heavy atom. The van der Waals surface area contributed by atoms with E-state index in [0.717, 1.165) is 0 Å². The molecule has 4 N–H and O–H groups in total. The molecule has 2 heterocycles. The summed E-state index contributed by atoms with van der Waals surface area (Å²) in [7, 11) is 0. The highest BCUT2D eigenvalue weighted by molar-refractivity contribution is 5.42. The highest BCUT2D eigenvalue weighted by Gasteiger charge is 2.43. The first-order valence-electron chi connectivity index (χ1n) is 6.03. The molecule has 0 radical (unpaired) electrons. The summed E-state index contributed by atoms with van der Waals surface area (Å²) in [6.07, 6.45) is -1.91. The molecule has 0 saturated carbocycles. The summed E-state index contributed by atoms with van der Waals surface area (Å²) in [5.41, 5.74) is -0.513. The van der Waals surface area contributed by atoms with Crippen molar-refractivity contribution in [3.63, 3.8) is 0 Å². The number of aromatic nitrogens is 2. The van der Waals surface area contributed by atoms with Gasteiger partial charge in [0.2, 0.25) is 0 Å². The molecule has 0 unspecified atom stereocenters. The number of allylic oxidation sites excluding steroid dienone is 1. The summed E-state index contributed by atoms with van der Waals surface area (Å²) in [5, 5.41) is 38.0. The molecule has 110 valence electrons. The van der Waals surface area contributed by atoms with Gasteiger partial charge in [-0.05, 0) is 6.92 Å². The van der Waals surface area contributed by atoms with E-state index in [4.69, 9.17) is 9.84 Å². The van der Waals surface area contributed by atoms with Crippen LogP contribution in [0.25, 0.3) is 6.08 Å². The third-order valence-electron chi connectivity index (χ3n) is 3.00. The van der Waals surface area contributed by atoms with Gasteiger partial charge in [-0.3, -0.25) is 4.79 Å². The van der Waals surface area contributed by atoms with E-state index in [2.05, 4.69) is 4.98 Å². The van der Waals surface area contributed by atoms with Crippen molar-refractivity contribution in [1.29, 1.82) is 0 Å². The van der Waals surface area contributed by atoms with Crippen molar-refractivity contribution >= 4 is 6.08 Å². The summed E-state index contributed by atoms with van der Waals surface area (Å²) < 4.78 is 6.65. The maximum Gasteiger partial charge on any atom is 0.273 e. The van der Waals surface area contributed by atoms with Crippen LogP contribution in [-0.2, 0) is 4.74 Å². The smallest absolute Gasteiger partial charge is 0.273 e. The zero-order valence-electron chi connectivity index (χ0n) is 10.7. The molecule has 0 bridgehead atoms. The van der Waals surface area contributed by atoms with Crippen molar-refractivity contribution in [2.24, 2.45) is 0 Å². The largest absolute Gasteiger partial charge is 0.512 e. The maximum atomic E-state index is 11.3. The van der Waals surface area contributed by atoms with Gasteiger partial charge in [0.25, 0.3) is 5.56 Å². The van der Waals surface area contributed by atoms with Crippen LogP contribution in [0, 0.1) is 0 Å². The average molecular weight is 284 g/mol. The summed E-state index contributed by atoms with van der Waals surface area (Å²) >= 11 is 0. The van der Waals surface area contributed by atoms with Gasteiger partial charge in [0.15, 0.2) is 6.23 Å². The number of hydrogen-bond donors (Lipinski definition) is 4. The van der Waals surface area contributed by atoms with Crippen LogP contribution in [0.2, 0.25) is 0 Å². The number of aliphatic hydroxyl groups excluding tert-OH is 4. The van der Waals surface area contributed by atoms with Crippen LogP contribution in [-0.4, -0.2) is 54.9 Å². The van der Waals surface area contributed by atoms with Crippen LogP contribution in [0.4, 0.5) is 0 Å². The third-order valence-corrected chi connectivity index (χ3v) is 3.00. The van der Waals surface area contributed by atoms with E-state index in [9.17, 15) is 20.1 Å². The van der Waals surface area contributed by atoms with Crippen molar-refractivity contribution < 1.29 is 25.2 Å². The Kier molecular flexibility index (Phi) is 4.19. The van der Waals surface area contributed by atoms with Gasteiger partial charge in [0, 0.05) is 18.3 Å². The summed E-state index contributed by atoms with van der Waals surface area (Å²) in [6, 6.07) is 1.17. The van der Waals surface area contributed by atoms with E-state index < -0.39 is 36.7 Å². The molecule has 1 aliphatic heterocycles. The van der Waals surface area contributed by atoms with Gasteiger partial charge in [-0.2, -0.15) is 4.98 Å². The van der Waals surface area contributed by atoms with E-state index >= 15 is 0 Å². The minimum atomic E-state index is -1.29. The molecule has 1 aromatic heterocycles. The molecular formula is C12H16N2O6. The molecule has 8 heteroatoms. The quantitative estimate of drug-likeness (QED) is 0.512.